The Morgan fingerprint density at radius 1 is 1.11 bits per heavy atom. The molecule has 1 aliphatic rings. The fourth-order valence-electron chi connectivity index (χ4n) is 2.49. The van der Waals surface area contributed by atoms with Gasteiger partial charge in [0.15, 0.2) is 0 Å². The Labute approximate surface area is 154 Å². The number of hydrogen-bond acceptors (Lipinski definition) is 6. The molecule has 0 aliphatic carbocycles. The number of anilines is 1. The van der Waals surface area contributed by atoms with Crippen molar-refractivity contribution in [2.45, 2.75) is 0 Å². The molecule has 3 rings (SSSR count). The first-order valence-electron chi connectivity index (χ1n) is 7.89. The van der Waals surface area contributed by atoms with Crippen LogP contribution in [-0.4, -0.2) is 32.1 Å². The molecule has 1 aromatic heterocycles. The monoisotopic (exact) mass is 368 g/mol. The number of carbonyl (C=O) groups is 3. The van der Waals surface area contributed by atoms with Gasteiger partial charge in [0.1, 0.15) is 22.8 Å². The van der Waals surface area contributed by atoms with E-state index in [9.17, 15) is 14.4 Å². The van der Waals surface area contributed by atoms with Crippen molar-refractivity contribution in [3.8, 4) is 11.5 Å². The van der Waals surface area contributed by atoms with E-state index in [1.54, 1.807) is 30.3 Å². The minimum Gasteiger partial charge on any atom is -0.497 e. The standard InChI is InChI=1S/C19H16N2O6/c1-25-13-8-9-16(26-2)15(11-13)21-18(23)14(17(22)20-19(21)24)7-3-5-12-6-4-10-27-12/h3-11H,1-2H3,(H,20,22,24). The van der Waals surface area contributed by atoms with Crippen LogP contribution in [-0.2, 0) is 9.59 Å². The zero-order valence-electron chi connectivity index (χ0n) is 14.6. The molecule has 1 N–H and O–H groups in total. The van der Waals surface area contributed by atoms with E-state index in [2.05, 4.69) is 5.32 Å². The molecule has 1 aliphatic heterocycles. The lowest BCUT2D eigenvalue weighted by Crippen LogP contribution is -2.54. The maximum absolute atomic E-state index is 12.8. The summed E-state index contributed by atoms with van der Waals surface area (Å²) in [6.07, 6.45) is 5.88. The first kappa shape index (κ1) is 18.0. The molecule has 2 aromatic rings. The van der Waals surface area contributed by atoms with Crippen molar-refractivity contribution in [1.82, 2.24) is 5.32 Å². The van der Waals surface area contributed by atoms with Crippen LogP contribution in [0.25, 0.3) is 6.08 Å². The number of benzene rings is 1. The number of hydrogen-bond donors (Lipinski definition) is 1. The molecule has 1 fully saturated rings. The molecular weight excluding hydrogens is 352 g/mol. The number of imide groups is 2. The Balaban J connectivity index is 1.98. The van der Waals surface area contributed by atoms with Gasteiger partial charge in [-0.2, -0.15) is 0 Å². The Bertz CT molecular complexity index is 943. The maximum atomic E-state index is 12.8. The number of urea groups is 1. The molecule has 0 unspecified atom stereocenters. The third-order valence-corrected chi connectivity index (χ3v) is 3.80. The average molecular weight is 368 g/mol. The molecule has 0 saturated carbocycles. The molecule has 1 aromatic carbocycles. The van der Waals surface area contributed by atoms with Gasteiger partial charge < -0.3 is 13.9 Å². The Morgan fingerprint density at radius 3 is 2.59 bits per heavy atom. The van der Waals surface area contributed by atoms with Crippen LogP contribution < -0.4 is 19.7 Å². The molecule has 0 radical (unpaired) electrons. The van der Waals surface area contributed by atoms with Crippen molar-refractivity contribution in [1.29, 1.82) is 0 Å². The van der Waals surface area contributed by atoms with Crippen LogP contribution in [0.2, 0.25) is 0 Å². The quantitative estimate of drug-likeness (QED) is 0.643. The number of nitrogens with one attached hydrogen (secondary N) is 1. The van der Waals surface area contributed by atoms with E-state index in [0.29, 0.717) is 11.5 Å². The second-order valence-corrected chi connectivity index (χ2v) is 5.39. The second-order valence-electron chi connectivity index (χ2n) is 5.39. The summed E-state index contributed by atoms with van der Waals surface area (Å²) in [6, 6.07) is 7.22. The predicted octanol–water partition coefficient (Wildman–Crippen LogP) is 2.52. The van der Waals surface area contributed by atoms with Gasteiger partial charge >= 0.3 is 6.03 Å². The third kappa shape index (κ3) is 3.59. The van der Waals surface area contributed by atoms with Crippen LogP contribution in [0.4, 0.5) is 10.5 Å². The number of rotatable bonds is 5. The van der Waals surface area contributed by atoms with Crippen LogP contribution >= 0.6 is 0 Å². The van der Waals surface area contributed by atoms with Crippen LogP contribution in [0.3, 0.4) is 0 Å². The van der Waals surface area contributed by atoms with Gasteiger partial charge in [0, 0.05) is 6.07 Å². The number of amides is 4. The maximum Gasteiger partial charge on any atom is 0.336 e. The molecule has 27 heavy (non-hydrogen) atoms. The SMILES string of the molecule is COc1ccc(OC)c(N2C(=O)NC(=O)C(=CC=Cc3ccco3)C2=O)c1. The molecule has 4 amide bonds. The van der Waals surface area contributed by atoms with Crippen LogP contribution in [0, 0.1) is 0 Å². The van der Waals surface area contributed by atoms with E-state index in [-0.39, 0.29) is 17.0 Å². The van der Waals surface area contributed by atoms with Crippen LogP contribution in [0.15, 0.2) is 58.7 Å². The second kappa shape index (κ2) is 7.61. The van der Waals surface area contributed by atoms with Crippen LogP contribution in [0.1, 0.15) is 5.76 Å². The largest absolute Gasteiger partial charge is 0.497 e. The van der Waals surface area contributed by atoms with Gasteiger partial charge in [0.05, 0.1) is 26.2 Å². The van der Waals surface area contributed by atoms with Crippen molar-refractivity contribution in [2.24, 2.45) is 0 Å². The highest BCUT2D eigenvalue weighted by Gasteiger charge is 2.38. The summed E-state index contributed by atoms with van der Waals surface area (Å²) in [5, 5.41) is 2.15. The zero-order chi connectivity index (χ0) is 19.4. The van der Waals surface area contributed by atoms with E-state index in [0.717, 1.165) is 4.90 Å². The van der Waals surface area contributed by atoms with Gasteiger partial charge in [-0.3, -0.25) is 14.9 Å². The minimum absolute atomic E-state index is 0.160. The van der Waals surface area contributed by atoms with Crippen molar-refractivity contribution in [2.75, 3.05) is 19.1 Å². The summed E-state index contributed by atoms with van der Waals surface area (Å²) in [7, 11) is 2.86. The van der Waals surface area contributed by atoms with Gasteiger partial charge in [0.25, 0.3) is 11.8 Å². The molecule has 0 bridgehead atoms. The molecule has 0 atom stereocenters. The summed E-state index contributed by atoms with van der Waals surface area (Å²) in [5.74, 6) is -0.310. The highest BCUT2D eigenvalue weighted by atomic mass is 16.5. The number of carbonyl (C=O) groups excluding carboxylic acids is 3. The summed E-state index contributed by atoms with van der Waals surface area (Å²) in [6.45, 7) is 0. The molecule has 1 saturated heterocycles. The summed E-state index contributed by atoms with van der Waals surface area (Å²) >= 11 is 0. The first-order valence-corrected chi connectivity index (χ1v) is 7.89. The highest BCUT2D eigenvalue weighted by molar-refractivity contribution is 6.38. The highest BCUT2D eigenvalue weighted by Crippen LogP contribution is 2.34. The first-order chi connectivity index (χ1) is 13.0. The Morgan fingerprint density at radius 2 is 1.93 bits per heavy atom. The molecule has 8 nitrogen and oxygen atoms in total. The Hall–Kier alpha value is -3.81. The Kier molecular flexibility index (Phi) is 5.07. The number of nitrogens with zero attached hydrogens (tertiary/aromatic N) is 1. The lowest BCUT2D eigenvalue weighted by atomic mass is 10.1. The van der Waals surface area contributed by atoms with Crippen LogP contribution in [0.5, 0.6) is 11.5 Å². The summed E-state index contributed by atoms with van der Waals surface area (Å²) < 4.78 is 15.5. The zero-order valence-corrected chi connectivity index (χ0v) is 14.6. The van der Waals surface area contributed by atoms with E-state index in [4.69, 9.17) is 13.9 Å². The summed E-state index contributed by atoms with van der Waals surface area (Å²) in [5.41, 5.74) is -0.0463. The lowest BCUT2D eigenvalue weighted by molar-refractivity contribution is -0.122. The van der Waals surface area contributed by atoms with Crippen molar-refractivity contribution < 1.29 is 28.3 Å². The molecule has 8 heteroatoms. The van der Waals surface area contributed by atoms with Gasteiger partial charge in [-0.15, -0.1) is 0 Å². The van der Waals surface area contributed by atoms with Crippen molar-refractivity contribution in [3.63, 3.8) is 0 Å². The fraction of sp³-hybridized carbons (Fsp3) is 0.105. The minimum atomic E-state index is -0.872. The van der Waals surface area contributed by atoms with E-state index in [1.165, 1.54) is 38.7 Å². The number of allylic oxidation sites excluding steroid dienone is 2. The molecular formula is C19H16N2O6. The van der Waals surface area contributed by atoms with E-state index < -0.39 is 17.8 Å². The van der Waals surface area contributed by atoms with Gasteiger partial charge in [-0.1, -0.05) is 6.08 Å². The van der Waals surface area contributed by atoms with E-state index in [1.807, 2.05) is 0 Å². The molecule has 0 spiro atoms. The molecule has 138 valence electrons. The van der Waals surface area contributed by atoms with Crippen molar-refractivity contribution >= 4 is 29.6 Å². The topological polar surface area (TPSA) is 98.1 Å². The number of furan rings is 1. The van der Waals surface area contributed by atoms with E-state index >= 15 is 0 Å². The number of barbiturate groups is 1. The molecule has 2 heterocycles. The fourth-order valence-corrected chi connectivity index (χ4v) is 2.49. The van der Waals surface area contributed by atoms with Crippen molar-refractivity contribution in [3.05, 3.63) is 60.1 Å². The predicted molar refractivity (Wildman–Crippen MR) is 96.4 cm³/mol. The van der Waals surface area contributed by atoms with Gasteiger partial charge in [-0.25, -0.2) is 9.69 Å². The number of ether oxygens (including phenoxy) is 2. The third-order valence-electron chi connectivity index (χ3n) is 3.80. The van der Waals surface area contributed by atoms with Gasteiger partial charge in [0.2, 0.25) is 0 Å². The average Bonchev–Trinajstić information content (AvgIpc) is 3.17. The van der Waals surface area contributed by atoms with Gasteiger partial charge in [-0.05, 0) is 36.4 Å². The number of methoxy groups -OCH3 is 2. The summed E-state index contributed by atoms with van der Waals surface area (Å²) in [4.78, 5) is 38.1. The normalized spacial score (nSPS) is 16.1. The smallest absolute Gasteiger partial charge is 0.336 e. The lowest BCUT2D eigenvalue weighted by Gasteiger charge is -2.27.